The Morgan fingerprint density at radius 3 is 2.60 bits per heavy atom. The summed E-state index contributed by atoms with van der Waals surface area (Å²) in [5, 5.41) is 0. The lowest BCUT2D eigenvalue weighted by Crippen LogP contribution is -2.44. The van der Waals surface area contributed by atoms with Gasteiger partial charge in [-0.25, -0.2) is 13.1 Å². The Morgan fingerprint density at radius 2 is 2.00 bits per heavy atom. The number of hydrogen-bond acceptors (Lipinski definition) is 4. The molecule has 0 radical (unpaired) electrons. The van der Waals surface area contributed by atoms with E-state index in [0.29, 0.717) is 18.2 Å². The predicted molar refractivity (Wildman–Crippen MR) is 78.1 cm³/mol. The molecular weight excluding hydrogens is 276 g/mol. The molecule has 0 aliphatic heterocycles. The molecule has 5 nitrogen and oxygen atoms in total. The lowest BCUT2D eigenvalue weighted by atomic mass is 9.99. The van der Waals surface area contributed by atoms with Crippen LogP contribution in [0.3, 0.4) is 0 Å². The van der Waals surface area contributed by atoms with Crippen LogP contribution in [0.1, 0.15) is 25.7 Å². The summed E-state index contributed by atoms with van der Waals surface area (Å²) in [5.41, 5.74) is 5.75. The quantitative estimate of drug-likeness (QED) is 0.833. The molecule has 0 spiro atoms. The van der Waals surface area contributed by atoms with Gasteiger partial charge in [0, 0.05) is 12.6 Å². The molecule has 1 aliphatic carbocycles. The van der Waals surface area contributed by atoms with E-state index in [1.165, 1.54) is 7.11 Å². The zero-order valence-electron chi connectivity index (χ0n) is 11.7. The van der Waals surface area contributed by atoms with Gasteiger partial charge in [-0.05, 0) is 30.9 Å². The van der Waals surface area contributed by atoms with Crippen LogP contribution in [0.2, 0.25) is 0 Å². The molecule has 1 aliphatic rings. The highest BCUT2D eigenvalue weighted by atomic mass is 32.2. The number of rotatable bonds is 6. The Bertz CT molecular complexity index is 539. The van der Waals surface area contributed by atoms with Crippen molar-refractivity contribution in [1.29, 1.82) is 0 Å². The van der Waals surface area contributed by atoms with Crippen LogP contribution in [0.25, 0.3) is 0 Å². The fourth-order valence-corrected chi connectivity index (χ4v) is 4.29. The molecule has 112 valence electrons. The normalized spacial score (nSPS) is 18.1. The summed E-state index contributed by atoms with van der Waals surface area (Å²) in [6, 6.07) is 6.41. The molecule has 1 saturated carbocycles. The van der Waals surface area contributed by atoms with Gasteiger partial charge in [0.05, 0.1) is 7.11 Å². The highest BCUT2D eigenvalue weighted by Gasteiger charge is 2.29. The van der Waals surface area contributed by atoms with Crippen LogP contribution in [0.15, 0.2) is 29.2 Å². The number of hydrogen-bond donors (Lipinski definition) is 2. The second-order valence-electron chi connectivity index (χ2n) is 5.16. The van der Waals surface area contributed by atoms with Crippen molar-refractivity contribution in [1.82, 2.24) is 4.72 Å². The largest absolute Gasteiger partial charge is 0.495 e. The first-order valence-electron chi connectivity index (χ1n) is 6.94. The zero-order valence-corrected chi connectivity index (χ0v) is 12.5. The lowest BCUT2D eigenvalue weighted by Gasteiger charge is -2.23. The second kappa shape index (κ2) is 6.56. The highest BCUT2D eigenvalue weighted by molar-refractivity contribution is 7.89. The van der Waals surface area contributed by atoms with Gasteiger partial charge in [-0.2, -0.15) is 0 Å². The van der Waals surface area contributed by atoms with Crippen molar-refractivity contribution in [2.45, 2.75) is 36.6 Å². The maximum atomic E-state index is 12.5. The van der Waals surface area contributed by atoms with E-state index in [1.54, 1.807) is 24.3 Å². The van der Waals surface area contributed by atoms with Crippen molar-refractivity contribution in [2.75, 3.05) is 13.7 Å². The smallest absolute Gasteiger partial charge is 0.244 e. The number of nitrogens with one attached hydrogen (secondary N) is 1. The first-order valence-corrected chi connectivity index (χ1v) is 8.42. The van der Waals surface area contributed by atoms with Gasteiger partial charge in [-0.15, -0.1) is 0 Å². The third-order valence-electron chi connectivity index (χ3n) is 3.89. The van der Waals surface area contributed by atoms with Crippen molar-refractivity contribution in [3.8, 4) is 5.75 Å². The van der Waals surface area contributed by atoms with E-state index in [2.05, 4.69) is 4.72 Å². The van der Waals surface area contributed by atoms with Crippen molar-refractivity contribution < 1.29 is 13.2 Å². The lowest BCUT2D eigenvalue weighted by molar-refractivity contribution is 0.394. The van der Waals surface area contributed by atoms with E-state index < -0.39 is 10.0 Å². The Labute approximate surface area is 120 Å². The maximum Gasteiger partial charge on any atom is 0.244 e. The molecule has 0 amide bonds. The van der Waals surface area contributed by atoms with E-state index in [-0.39, 0.29) is 10.9 Å². The number of sulfonamides is 1. The van der Waals surface area contributed by atoms with Crippen molar-refractivity contribution >= 4 is 10.0 Å². The molecule has 6 heteroatoms. The number of para-hydroxylation sites is 1. The van der Waals surface area contributed by atoms with Gasteiger partial charge < -0.3 is 10.5 Å². The monoisotopic (exact) mass is 298 g/mol. The first-order chi connectivity index (χ1) is 9.58. The van der Waals surface area contributed by atoms with Crippen molar-refractivity contribution in [3.05, 3.63) is 24.3 Å². The molecular formula is C14H22N2O3S. The minimum Gasteiger partial charge on any atom is -0.495 e. The van der Waals surface area contributed by atoms with Crippen LogP contribution in [0, 0.1) is 5.92 Å². The molecule has 1 unspecified atom stereocenters. The molecule has 0 saturated heterocycles. The molecule has 3 N–H and O–H groups in total. The topological polar surface area (TPSA) is 81.4 Å². The summed E-state index contributed by atoms with van der Waals surface area (Å²) >= 11 is 0. The predicted octanol–water partition coefficient (Wildman–Crippen LogP) is 1.49. The molecule has 0 heterocycles. The van der Waals surface area contributed by atoms with E-state index >= 15 is 0 Å². The van der Waals surface area contributed by atoms with E-state index in [9.17, 15) is 8.42 Å². The van der Waals surface area contributed by atoms with Crippen LogP contribution in [-0.4, -0.2) is 28.1 Å². The number of methoxy groups -OCH3 is 1. The summed E-state index contributed by atoms with van der Waals surface area (Å²) in [7, 11) is -2.14. The summed E-state index contributed by atoms with van der Waals surface area (Å²) in [5.74, 6) is 0.687. The number of benzene rings is 1. The van der Waals surface area contributed by atoms with Gasteiger partial charge >= 0.3 is 0 Å². The Balaban J connectivity index is 2.21. The minimum atomic E-state index is -3.61. The Morgan fingerprint density at radius 1 is 1.35 bits per heavy atom. The molecule has 1 aromatic rings. The SMILES string of the molecule is COc1ccccc1S(=O)(=O)NC(CN)C1CCCC1. The summed E-state index contributed by atoms with van der Waals surface area (Å²) in [6.45, 7) is 0.318. The summed E-state index contributed by atoms with van der Waals surface area (Å²) in [4.78, 5) is 0.166. The van der Waals surface area contributed by atoms with E-state index in [0.717, 1.165) is 25.7 Å². The molecule has 1 aromatic carbocycles. The number of ether oxygens (including phenoxy) is 1. The fourth-order valence-electron chi connectivity index (χ4n) is 2.80. The molecule has 1 fully saturated rings. The first kappa shape index (κ1) is 15.3. The van der Waals surface area contributed by atoms with Crippen LogP contribution < -0.4 is 15.2 Å². The summed E-state index contributed by atoms with van der Waals surface area (Å²) in [6.07, 6.45) is 4.38. The fraction of sp³-hybridized carbons (Fsp3) is 0.571. The average Bonchev–Trinajstić information content (AvgIpc) is 2.98. The molecule has 1 atom stereocenters. The van der Waals surface area contributed by atoms with Gasteiger partial charge in [0.15, 0.2) is 0 Å². The molecule has 20 heavy (non-hydrogen) atoms. The van der Waals surface area contributed by atoms with Gasteiger partial charge in [0.2, 0.25) is 10.0 Å². The van der Waals surface area contributed by atoms with E-state index in [4.69, 9.17) is 10.5 Å². The van der Waals surface area contributed by atoms with Crippen LogP contribution in [-0.2, 0) is 10.0 Å². The second-order valence-corrected chi connectivity index (χ2v) is 6.84. The van der Waals surface area contributed by atoms with Gasteiger partial charge in [-0.1, -0.05) is 25.0 Å². The van der Waals surface area contributed by atoms with Crippen molar-refractivity contribution in [2.24, 2.45) is 11.7 Å². The van der Waals surface area contributed by atoms with Gasteiger partial charge in [0.25, 0.3) is 0 Å². The van der Waals surface area contributed by atoms with E-state index in [1.807, 2.05) is 0 Å². The average molecular weight is 298 g/mol. The third-order valence-corrected chi connectivity index (χ3v) is 5.42. The van der Waals surface area contributed by atoms with Crippen LogP contribution >= 0.6 is 0 Å². The molecule has 2 rings (SSSR count). The highest BCUT2D eigenvalue weighted by Crippen LogP contribution is 2.29. The van der Waals surface area contributed by atoms with Gasteiger partial charge in [0.1, 0.15) is 10.6 Å². The van der Waals surface area contributed by atoms with Crippen LogP contribution in [0.4, 0.5) is 0 Å². The molecule has 0 aromatic heterocycles. The van der Waals surface area contributed by atoms with Gasteiger partial charge in [-0.3, -0.25) is 0 Å². The molecule has 0 bridgehead atoms. The number of nitrogens with two attached hydrogens (primary N) is 1. The Kier molecular flexibility index (Phi) is 5.01. The standard InChI is InChI=1S/C14H22N2O3S/c1-19-13-8-4-5-9-14(13)20(17,18)16-12(10-15)11-6-2-3-7-11/h4-5,8-9,11-12,16H,2-3,6-7,10,15H2,1H3. The van der Waals surface area contributed by atoms with Crippen LogP contribution in [0.5, 0.6) is 5.75 Å². The Hall–Kier alpha value is -1.11. The third kappa shape index (κ3) is 3.31. The minimum absolute atomic E-state index is 0.166. The summed E-state index contributed by atoms with van der Waals surface area (Å²) < 4.78 is 32.8. The van der Waals surface area contributed by atoms with Crippen molar-refractivity contribution in [3.63, 3.8) is 0 Å². The zero-order chi connectivity index (χ0) is 14.6. The maximum absolute atomic E-state index is 12.5.